The average Bonchev–Trinajstić information content (AvgIpc) is 2.17. The Hall–Kier alpha value is -1.18. The number of carbonyl (C=O) groups is 2. The van der Waals surface area contributed by atoms with Crippen molar-refractivity contribution in [3.8, 4) is 0 Å². The first-order chi connectivity index (χ1) is 5.77. The lowest BCUT2D eigenvalue weighted by atomic mass is 9.86. The fourth-order valence-corrected chi connectivity index (χ4v) is 1.39. The van der Waals surface area contributed by atoms with E-state index >= 15 is 0 Å². The molecule has 0 spiro atoms. The van der Waals surface area contributed by atoms with Crippen LogP contribution in [0.4, 0.5) is 0 Å². The Bertz CT molecular complexity index is 238. The predicted octanol–water partition coefficient (Wildman–Crippen LogP) is 1.67. The minimum Gasteiger partial charge on any atom is -0.298 e. The van der Waals surface area contributed by atoms with Gasteiger partial charge < -0.3 is 0 Å². The van der Waals surface area contributed by atoms with Gasteiger partial charge in [-0.2, -0.15) is 0 Å². The number of carbonyl (C=O) groups excluding carboxylic acids is 2. The molecule has 1 aliphatic rings. The first kappa shape index (κ1) is 8.91. The van der Waals surface area contributed by atoms with E-state index in [1.165, 1.54) is 0 Å². The summed E-state index contributed by atoms with van der Waals surface area (Å²) in [6.45, 7) is 3.66. The molecule has 0 N–H and O–H groups in total. The van der Waals surface area contributed by atoms with E-state index in [1.54, 1.807) is 0 Å². The van der Waals surface area contributed by atoms with Crippen LogP contribution >= 0.6 is 0 Å². The molecule has 0 aromatic carbocycles. The van der Waals surface area contributed by atoms with Crippen LogP contribution in [0.15, 0.2) is 23.8 Å². The van der Waals surface area contributed by atoms with Gasteiger partial charge in [-0.15, -0.1) is 0 Å². The smallest absolute Gasteiger partial charge is 0.145 e. The van der Waals surface area contributed by atoms with Gasteiger partial charge >= 0.3 is 0 Å². The molecule has 0 fully saturated rings. The predicted molar refractivity (Wildman–Crippen MR) is 46.7 cm³/mol. The summed E-state index contributed by atoms with van der Waals surface area (Å²) in [5, 5.41) is 0. The molecule has 0 heterocycles. The summed E-state index contributed by atoms with van der Waals surface area (Å²) >= 11 is 0. The van der Waals surface area contributed by atoms with Gasteiger partial charge in [0.1, 0.15) is 12.6 Å². The maximum absolute atomic E-state index is 10.4. The number of rotatable bonds is 3. The van der Waals surface area contributed by atoms with Gasteiger partial charge in [-0.25, -0.2) is 0 Å². The lowest BCUT2D eigenvalue weighted by molar-refractivity contribution is -0.105. The highest BCUT2D eigenvalue weighted by molar-refractivity contribution is 5.75. The van der Waals surface area contributed by atoms with Crippen molar-refractivity contribution in [1.29, 1.82) is 0 Å². The number of hydrogen-bond donors (Lipinski definition) is 0. The van der Waals surface area contributed by atoms with Crippen molar-refractivity contribution < 1.29 is 9.59 Å². The number of hydrogen-bond acceptors (Lipinski definition) is 2. The van der Waals surface area contributed by atoms with Gasteiger partial charge in [0, 0.05) is 0 Å². The van der Waals surface area contributed by atoms with Crippen LogP contribution in [-0.2, 0) is 9.59 Å². The van der Waals surface area contributed by atoms with Gasteiger partial charge in [-0.3, -0.25) is 9.59 Å². The van der Waals surface area contributed by atoms with Gasteiger partial charge in [-0.05, 0) is 36.3 Å². The number of allylic oxidation sites excluding steroid dienone is 3. The molecule has 12 heavy (non-hydrogen) atoms. The summed E-state index contributed by atoms with van der Waals surface area (Å²) in [6.07, 6.45) is 6.04. The molecule has 1 aliphatic carbocycles. The summed E-state index contributed by atoms with van der Waals surface area (Å²) in [7, 11) is 0. The van der Waals surface area contributed by atoms with Crippen LogP contribution < -0.4 is 0 Å². The summed E-state index contributed by atoms with van der Waals surface area (Å²) in [5.74, 6) is 0.256. The van der Waals surface area contributed by atoms with Crippen LogP contribution in [0, 0.1) is 5.92 Å². The van der Waals surface area contributed by atoms with E-state index in [9.17, 15) is 9.59 Å². The van der Waals surface area contributed by atoms with E-state index in [2.05, 4.69) is 6.58 Å². The number of aldehydes is 2. The normalized spacial score (nSPS) is 22.7. The molecule has 0 unspecified atom stereocenters. The highest BCUT2D eigenvalue weighted by Gasteiger charge is 2.15. The van der Waals surface area contributed by atoms with Gasteiger partial charge in [0.15, 0.2) is 0 Å². The minimum atomic E-state index is 0.256. The minimum absolute atomic E-state index is 0.256. The zero-order chi connectivity index (χ0) is 8.97. The monoisotopic (exact) mass is 164 g/mol. The zero-order valence-electron chi connectivity index (χ0n) is 6.95. The van der Waals surface area contributed by atoms with Crippen molar-refractivity contribution in [1.82, 2.24) is 0 Å². The highest BCUT2D eigenvalue weighted by Crippen LogP contribution is 2.26. The van der Waals surface area contributed by atoms with Crippen molar-refractivity contribution in [2.45, 2.75) is 19.3 Å². The van der Waals surface area contributed by atoms with Crippen LogP contribution in [0.5, 0.6) is 0 Å². The fourth-order valence-electron chi connectivity index (χ4n) is 1.39. The van der Waals surface area contributed by atoms with Crippen molar-refractivity contribution in [2.75, 3.05) is 0 Å². The zero-order valence-corrected chi connectivity index (χ0v) is 6.95. The Labute approximate surface area is 72.0 Å². The van der Waals surface area contributed by atoms with Gasteiger partial charge in [0.25, 0.3) is 0 Å². The van der Waals surface area contributed by atoms with Crippen LogP contribution in [0.25, 0.3) is 0 Å². The molecule has 64 valence electrons. The Kier molecular flexibility index (Phi) is 2.97. The average molecular weight is 164 g/mol. The molecular formula is C10H12O2. The van der Waals surface area contributed by atoms with Gasteiger partial charge in [-0.1, -0.05) is 12.7 Å². The van der Waals surface area contributed by atoms with Gasteiger partial charge in [0.05, 0.1) is 0 Å². The second kappa shape index (κ2) is 4.00. The standard InChI is InChI=1S/C10H12O2/c1-8(6-11)10-4-2-9(7-12)3-5-10/h2,6-7,10H,1,3-5H2/t10-/m1/s1. The lowest BCUT2D eigenvalue weighted by Crippen LogP contribution is -2.09. The first-order valence-corrected chi connectivity index (χ1v) is 4.06. The maximum Gasteiger partial charge on any atom is 0.145 e. The molecule has 0 saturated heterocycles. The van der Waals surface area contributed by atoms with Crippen LogP contribution in [0.1, 0.15) is 19.3 Å². The molecule has 1 rings (SSSR count). The SMILES string of the molecule is C=C(C=O)[C@@H]1CC=C(C=O)CC1. The molecule has 0 bridgehead atoms. The van der Waals surface area contributed by atoms with Crippen LogP contribution in [0.3, 0.4) is 0 Å². The van der Waals surface area contributed by atoms with E-state index in [-0.39, 0.29) is 5.92 Å². The molecule has 0 saturated carbocycles. The summed E-state index contributed by atoms with van der Waals surface area (Å²) in [4.78, 5) is 20.7. The molecular weight excluding hydrogens is 152 g/mol. The molecule has 0 aromatic heterocycles. The third-order valence-electron chi connectivity index (χ3n) is 2.27. The van der Waals surface area contributed by atoms with Crippen molar-refractivity contribution >= 4 is 12.6 Å². The summed E-state index contributed by atoms with van der Waals surface area (Å²) in [5.41, 5.74) is 1.50. The van der Waals surface area contributed by atoms with Crippen molar-refractivity contribution in [3.63, 3.8) is 0 Å². The molecule has 2 nitrogen and oxygen atoms in total. The third kappa shape index (κ3) is 1.91. The van der Waals surface area contributed by atoms with E-state index in [1.807, 2.05) is 6.08 Å². The summed E-state index contributed by atoms with van der Waals surface area (Å²) < 4.78 is 0. The van der Waals surface area contributed by atoms with Crippen LogP contribution in [-0.4, -0.2) is 12.6 Å². The highest BCUT2D eigenvalue weighted by atomic mass is 16.1. The largest absolute Gasteiger partial charge is 0.298 e. The Balaban J connectivity index is 2.56. The van der Waals surface area contributed by atoms with E-state index in [4.69, 9.17) is 0 Å². The molecule has 1 atom stereocenters. The van der Waals surface area contributed by atoms with E-state index in [0.29, 0.717) is 5.57 Å². The third-order valence-corrected chi connectivity index (χ3v) is 2.27. The van der Waals surface area contributed by atoms with Crippen molar-refractivity contribution in [3.05, 3.63) is 23.8 Å². The Morgan fingerprint density at radius 2 is 2.33 bits per heavy atom. The Morgan fingerprint density at radius 3 is 2.75 bits per heavy atom. The molecule has 0 radical (unpaired) electrons. The molecule has 0 aliphatic heterocycles. The molecule has 0 amide bonds. The topological polar surface area (TPSA) is 34.1 Å². The van der Waals surface area contributed by atoms with Gasteiger partial charge in [0.2, 0.25) is 0 Å². The molecule has 2 heteroatoms. The first-order valence-electron chi connectivity index (χ1n) is 4.06. The van der Waals surface area contributed by atoms with Crippen LogP contribution in [0.2, 0.25) is 0 Å². The molecule has 0 aromatic rings. The lowest BCUT2D eigenvalue weighted by Gasteiger charge is -2.18. The van der Waals surface area contributed by atoms with Crippen molar-refractivity contribution in [2.24, 2.45) is 5.92 Å². The fraction of sp³-hybridized carbons (Fsp3) is 0.400. The quantitative estimate of drug-likeness (QED) is 0.469. The Morgan fingerprint density at radius 1 is 1.58 bits per heavy atom. The van der Waals surface area contributed by atoms with E-state index in [0.717, 1.165) is 37.4 Å². The maximum atomic E-state index is 10.4. The summed E-state index contributed by atoms with van der Waals surface area (Å²) in [6, 6.07) is 0. The second-order valence-electron chi connectivity index (χ2n) is 3.06. The second-order valence-corrected chi connectivity index (χ2v) is 3.06. The van der Waals surface area contributed by atoms with E-state index < -0.39 is 0 Å².